The largest absolute Gasteiger partial charge is 0.379 e. The first-order valence-electron chi connectivity index (χ1n) is 4.41. The number of hydrogen-bond acceptors (Lipinski definition) is 3. The smallest absolute Gasteiger partial charge is 0.0931 e. The van der Waals surface area contributed by atoms with E-state index >= 15 is 0 Å². The lowest BCUT2D eigenvalue weighted by atomic mass is 10.4. The zero-order valence-electron chi connectivity index (χ0n) is 7.76. The van der Waals surface area contributed by atoms with Crippen molar-refractivity contribution in [3.8, 4) is 0 Å². The van der Waals surface area contributed by atoms with Gasteiger partial charge in [0.1, 0.15) is 0 Å². The summed E-state index contributed by atoms with van der Waals surface area (Å²) in [4.78, 5) is 1.24. The minimum absolute atomic E-state index is 0.556. The fourth-order valence-electron chi connectivity index (χ4n) is 0.959. The summed E-state index contributed by atoms with van der Waals surface area (Å²) in [5.74, 6) is 0.556. The predicted molar refractivity (Wildman–Crippen MR) is 62.6 cm³/mol. The van der Waals surface area contributed by atoms with E-state index in [1.54, 1.807) is 11.3 Å². The average Bonchev–Trinajstić information content (AvgIpc) is 2.58. The van der Waals surface area contributed by atoms with Gasteiger partial charge < -0.3 is 10.1 Å². The number of ether oxygens (including phenoxy) is 1. The van der Waals surface area contributed by atoms with Crippen molar-refractivity contribution < 1.29 is 4.74 Å². The summed E-state index contributed by atoms with van der Waals surface area (Å²) >= 11 is 12.8. The van der Waals surface area contributed by atoms with Gasteiger partial charge in [-0.2, -0.15) is 0 Å². The van der Waals surface area contributed by atoms with Crippen molar-refractivity contribution in [3.63, 3.8) is 0 Å². The van der Waals surface area contributed by atoms with Crippen LogP contribution in [-0.2, 0) is 11.3 Å². The Hall–Kier alpha value is 0.200. The van der Waals surface area contributed by atoms with Gasteiger partial charge in [0.2, 0.25) is 0 Å². The zero-order chi connectivity index (χ0) is 10.2. The van der Waals surface area contributed by atoms with Crippen LogP contribution in [0.15, 0.2) is 12.1 Å². The van der Waals surface area contributed by atoms with Crippen molar-refractivity contribution in [1.29, 1.82) is 0 Å². The molecule has 1 heterocycles. The van der Waals surface area contributed by atoms with E-state index in [0.717, 1.165) is 17.4 Å². The monoisotopic (exact) mass is 253 g/mol. The lowest BCUT2D eigenvalue weighted by Crippen LogP contribution is -2.19. The molecule has 0 fully saturated rings. The van der Waals surface area contributed by atoms with Crippen LogP contribution in [-0.4, -0.2) is 25.6 Å². The molecule has 80 valence electrons. The molecule has 0 aliphatic rings. The Morgan fingerprint density at radius 3 is 2.86 bits per heavy atom. The van der Waals surface area contributed by atoms with Crippen molar-refractivity contribution in [2.45, 2.75) is 6.54 Å². The summed E-state index contributed by atoms with van der Waals surface area (Å²) < 4.78 is 6.04. The van der Waals surface area contributed by atoms with E-state index < -0.39 is 0 Å². The van der Waals surface area contributed by atoms with Crippen LogP contribution >= 0.6 is 34.5 Å². The van der Waals surface area contributed by atoms with Crippen LogP contribution in [0.5, 0.6) is 0 Å². The van der Waals surface area contributed by atoms with Gasteiger partial charge in [-0.3, -0.25) is 0 Å². The molecule has 14 heavy (non-hydrogen) atoms. The van der Waals surface area contributed by atoms with Gasteiger partial charge in [-0.1, -0.05) is 11.6 Å². The summed E-state index contributed by atoms with van der Waals surface area (Å²) in [5, 5.41) is 3.26. The van der Waals surface area contributed by atoms with Crippen LogP contribution in [0.2, 0.25) is 4.34 Å². The van der Waals surface area contributed by atoms with Gasteiger partial charge >= 0.3 is 0 Å². The number of halogens is 2. The van der Waals surface area contributed by atoms with E-state index in [-0.39, 0.29) is 0 Å². The molecule has 1 rings (SSSR count). The summed E-state index contributed by atoms with van der Waals surface area (Å²) in [6.45, 7) is 3.01. The highest BCUT2D eigenvalue weighted by molar-refractivity contribution is 7.16. The standard InChI is InChI=1S/C9H13Cl2NOS/c10-3-5-13-6-4-12-7-8-1-2-9(11)14-8/h1-2,12H,3-7H2. The second-order valence-corrected chi connectivity index (χ2v) is 4.86. The molecule has 1 aromatic heterocycles. The first-order valence-corrected chi connectivity index (χ1v) is 6.14. The summed E-state index contributed by atoms with van der Waals surface area (Å²) in [6, 6.07) is 3.94. The quantitative estimate of drug-likeness (QED) is 0.596. The molecule has 5 heteroatoms. The lowest BCUT2D eigenvalue weighted by Gasteiger charge is -2.03. The number of nitrogens with one attached hydrogen (secondary N) is 1. The van der Waals surface area contributed by atoms with E-state index in [1.165, 1.54) is 4.88 Å². The number of hydrogen-bond donors (Lipinski definition) is 1. The Morgan fingerprint density at radius 1 is 1.36 bits per heavy atom. The van der Waals surface area contributed by atoms with E-state index in [2.05, 4.69) is 5.32 Å². The summed E-state index contributed by atoms with van der Waals surface area (Å²) in [6.07, 6.45) is 0. The molecular formula is C9H13Cl2NOS. The first-order chi connectivity index (χ1) is 6.83. The van der Waals surface area contributed by atoms with Gasteiger partial charge in [0.15, 0.2) is 0 Å². The molecule has 0 saturated carbocycles. The molecule has 0 aliphatic carbocycles. The topological polar surface area (TPSA) is 21.3 Å². The lowest BCUT2D eigenvalue weighted by molar-refractivity contribution is 0.151. The third-order valence-electron chi connectivity index (χ3n) is 1.57. The predicted octanol–water partition coefficient (Wildman–Crippen LogP) is 2.75. The van der Waals surface area contributed by atoms with Crippen LogP contribution in [0.1, 0.15) is 4.88 Å². The molecule has 0 aromatic carbocycles. The maximum Gasteiger partial charge on any atom is 0.0931 e. The molecule has 0 saturated heterocycles. The zero-order valence-corrected chi connectivity index (χ0v) is 10.1. The Labute approximate surface area is 98.2 Å². The Kier molecular flexibility index (Phi) is 6.56. The Morgan fingerprint density at radius 2 is 2.21 bits per heavy atom. The van der Waals surface area contributed by atoms with Crippen molar-refractivity contribution in [3.05, 3.63) is 21.3 Å². The highest BCUT2D eigenvalue weighted by Crippen LogP contribution is 2.20. The molecular weight excluding hydrogens is 241 g/mol. The second-order valence-electron chi connectivity index (χ2n) is 2.68. The molecule has 1 aromatic rings. The van der Waals surface area contributed by atoms with Crippen molar-refractivity contribution in [2.75, 3.05) is 25.6 Å². The maximum absolute atomic E-state index is 5.79. The Bertz CT molecular complexity index is 255. The fourth-order valence-corrected chi connectivity index (χ4v) is 2.13. The van der Waals surface area contributed by atoms with Gasteiger partial charge in [-0.15, -0.1) is 22.9 Å². The van der Waals surface area contributed by atoms with Gasteiger partial charge in [0.25, 0.3) is 0 Å². The molecule has 2 nitrogen and oxygen atoms in total. The van der Waals surface area contributed by atoms with Crippen LogP contribution in [0.25, 0.3) is 0 Å². The van der Waals surface area contributed by atoms with Gasteiger partial charge in [0, 0.05) is 23.8 Å². The van der Waals surface area contributed by atoms with Crippen LogP contribution < -0.4 is 5.32 Å². The molecule has 0 aliphatic heterocycles. The fraction of sp³-hybridized carbons (Fsp3) is 0.556. The first kappa shape index (κ1) is 12.3. The van der Waals surface area contributed by atoms with Gasteiger partial charge in [-0.05, 0) is 12.1 Å². The Balaban J connectivity index is 1.99. The maximum atomic E-state index is 5.79. The summed E-state index contributed by atoms with van der Waals surface area (Å²) in [5.41, 5.74) is 0. The van der Waals surface area contributed by atoms with E-state index in [9.17, 15) is 0 Å². The molecule has 0 spiro atoms. The van der Waals surface area contributed by atoms with E-state index in [4.69, 9.17) is 27.9 Å². The minimum atomic E-state index is 0.556. The van der Waals surface area contributed by atoms with Gasteiger partial charge in [0.05, 0.1) is 17.6 Å². The molecule has 0 unspecified atom stereocenters. The van der Waals surface area contributed by atoms with Crippen LogP contribution in [0.3, 0.4) is 0 Å². The minimum Gasteiger partial charge on any atom is -0.379 e. The molecule has 0 radical (unpaired) electrons. The van der Waals surface area contributed by atoms with Crippen molar-refractivity contribution in [1.82, 2.24) is 5.32 Å². The average molecular weight is 254 g/mol. The number of rotatable bonds is 7. The molecule has 0 amide bonds. The molecule has 0 bridgehead atoms. The normalized spacial score (nSPS) is 10.7. The third-order valence-corrected chi connectivity index (χ3v) is 2.96. The molecule has 1 N–H and O–H groups in total. The second kappa shape index (κ2) is 7.49. The number of alkyl halides is 1. The highest BCUT2D eigenvalue weighted by atomic mass is 35.5. The van der Waals surface area contributed by atoms with Crippen molar-refractivity contribution in [2.24, 2.45) is 0 Å². The third kappa shape index (κ3) is 5.17. The van der Waals surface area contributed by atoms with E-state index in [1.807, 2.05) is 12.1 Å². The van der Waals surface area contributed by atoms with Crippen LogP contribution in [0, 0.1) is 0 Å². The van der Waals surface area contributed by atoms with Crippen LogP contribution in [0.4, 0.5) is 0 Å². The summed E-state index contributed by atoms with van der Waals surface area (Å²) in [7, 11) is 0. The number of thiophene rings is 1. The SMILES string of the molecule is ClCCOCCNCc1ccc(Cl)s1. The highest BCUT2D eigenvalue weighted by Gasteiger charge is 1.96. The molecule has 0 atom stereocenters. The van der Waals surface area contributed by atoms with Crippen molar-refractivity contribution >= 4 is 34.5 Å². The van der Waals surface area contributed by atoms with Gasteiger partial charge in [-0.25, -0.2) is 0 Å². The van der Waals surface area contributed by atoms with E-state index in [0.29, 0.717) is 19.1 Å².